The van der Waals surface area contributed by atoms with Gasteiger partial charge in [0.2, 0.25) is 0 Å². The Morgan fingerprint density at radius 3 is 2.80 bits per heavy atom. The molecule has 0 amide bonds. The SMILES string of the molecule is Cc1csc(CNCCN(C)C(C)C)n1. The van der Waals surface area contributed by atoms with Crippen LogP contribution in [0, 0.1) is 6.92 Å². The zero-order valence-corrected chi connectivity index (χ0v) is 10.9. The Morgan fingerprint density at radius 2 is 2.27 bits per heavy atom. The summed E-state index contributed by atoms with van der Waals surface area (Å²) in [7, 11) is 2.15. The van der Waals surface area contributed by atoms with Crippen molar-refractivity contribution in [1.29, 1.82) is 0 Å². The molecule has 0 aliphatic carbocycles. The summed E-state index contributed by atoms with van der Waals surface area (Å²) in [5, 5.41) is 6.68. The fourth-order valence-electron chi connectivity index (χ4n) is 1.19. The number of hydrogen-bond acceptors (Lipinski definition) is 4. The van der Waals surface area contributed by atoms with Crippen LogP contribution in [0.4, 0.5) is 0 Å². The van der Waals surface area contributed by atoms with Crippen molar-refractivity contribution in [3.8, 4) is 0 Å². The van der Waals surface area contributed by atoms with E-state index in [0.29, 0.717) is 6.04 Å². The van der Waals surface area contributed by atoms with Crippen LogP contribution in [-0.2, 0) is 6.54 Å². The molecule has 0 unspecified atom stereocenters. The van der Waals surface area contributed by atoms with Gasteiger partial charge >= 0.3 is 0 Å². The second kappa shape index (κ2) is 6.20. The van der Waals surface area contributed by atoms with Gasteiger partial charge < -0.3 is 10.2 Å². The van der Waals surface area contributed by atoms with Crippen LogP contribution >= 0.6 is 11.3 Å². The summed E-state index contributed by atoms with van der Waals surface area (Å²) >= 11 is 1.73. The van der Waals surface area contributed by atoms with Crippen LogP contribution in [0.5, 0.6) is 0 Å². The molecule has 0 aliphatic rings. The van der Waals surface area contributed by atoms with Gasteiger partial charge in [-0.05, 0) is 27.8 Å². The molecule has 0 saturated carbocycles. The van der Waals surface area contributed by atoms with Crippen LogP contribution < -0.4 is 5.32 Å². The molecule has 0 spiro atoms. The number of aryl methyl sites for hydroxylation is 1. The molecule has 0 aliphatic heterocycles. The summed E-state index contributed by atoms with van der Waals surface area (Å²) in [5.41, 5.74) is 1.12. The van der Waals surface area contributed by atoms with Gasteiger partial charge in [-0.15, -0.1) is 11.3 Å². The van der Waals surface area contributed by atoms with Gasteiger partial charge in [0.05, 0.1) is 0 Å². The molecule has 0 bridgehead atoms. The highest BCUT2D eigenvalue weighted by Gasteiger charge is 2.02. The molecule has 3 nitrogen and oxygen atoms in total. The molecule has 1 rings (SSSR count). The van der Waals surface area contributed by atoms with Gasteiger partial charge in [0.1, 0.15) is 5.01 Å². The molecule has 1 N–H and O–H groups in total. The lowest BCUT2D eigenvalue weighted by Crippen LogP contribution is -2.33. The van der Waals surface area contributed by atoms with Crippen LogP contribution in [0.2, 0.25) is 0 Å². The first-order valence-electron chi connectivity index (χ1n) is 5.41. The third-order valence-corrected chi connectivity index (χ3v) is 3.43. The summed E-state index contributed by atoms with van der Waals surface area (Å²) in [6.07, 6.45) is 0. The molecule has 0 atom stereocenters. The molecule has 0 fully saturated rings. The average Bonchev–Trinajstić information content (AvgIpc) is 2.58. The standard InChI is InChI=1S/C11H21N3S/c1-9(2)14(4)6-5-12-7-11-13-10(3)8-15-11/h8-9,12H,5-7H2,1-4H3. The van der Waals surface area contributed by atoms with Crippen LogP contribution in [0.15, 0.2) is 5.38 Å². The lowest BCUT2D eigenvalue weighted by molar-refractivity contribution is 0.273. The number of nitrogens with zero attached hydrogens (tertiary/aromatic N) is 2. The second-order valence-corrected chi connectivity index (χ2v) is 5.08. The molecule has 1 heterocycles. The summed E-state index contributed by atoms with van der Waals surface area (Å²) in [6.45, 7) is 9.46. The number of rotatable bonds is 6. The number of nitrogens with one attached hydrogen (secondary N) is 1. The largest absolute Gasteiger partial charge is 0.309 e. The molecule has 0 aromatic carbocycles. The highest BCUT2D eigenvalue weighted by atomic mass is 32.1. The predicted octanol–water partition coefficient (Wildman–Crippen LogP) is 1.88. The van der Waals surface area contributed by atoms with E-state index in [1.54, 1.807) is 11.3 Å². The van der Waals surface area contributed by atoms with Crippen molar-refractivity contribution >= 4 is 11.3 Å². The van der Waals surface area contributed by atoms with E-state index in [4.69, 9.17) is 0 Å². The Balaban J connectivity index is 2.12. The molecule has 1 aromatic heterocycles. The average molecular weight is 227 g/mol. The Bertz CT molecular complexity index is 283. The van der Waals surface area contributed by atoms with Crippen molar-refractivity contribution in [1.82, 2.24) is 15.2 Å². The van der Waals surface area contributed by atoms with Crippen molar-refractivity contribution in [2.45, 2.75) is 33.4 Å². The van der Waals surface area contributed by atoms with Gasteiger partial charge in [-0.2, -0.15) is 0 Å². The number of hydrogen-bond donors (Lipinski definition) is 1. The summed E-state index contributed by atoms with van der Waals surface area (Å²) in [4.78, 5) is 6.74. The van der Waals surface area contributed by atoms with E-state index in [9.17, 15) is 0 Å². The first kappa shape index (κ1) is 12.6. The highest BCUT2D eigenvalue weighted by Crippen LogP contribution is 2.07. The number of aromatic nitrogens is 1. The van der Waals surface area contributed by atoms with Crippen molar-refractivity contribution in [3.05, 3.63) is 16.1 Å². The van der Waals surface area contributed by atoms with Gasteiger partial charge in [-0.1, -0.05) is 0 Å². The van der Waals surface area contributed by atoms with E-state index in [1.807, 2.05) is 6.92 Å². The van der Waals surface area contributed by atoms with E-state index in [1.165, 1.54) is 5.01 Å². The quantitative estimate of drug-likeness (QED) is 0.752. The molecule has 4 heteroatoms. The van der Waals surface area contributed by atoms with E-state index in [2.05, 4.69) is 41.5 Å². The van der Waals surface area contributed by atoms with E-state index < -0.39 is 0 Å². The van der Waals surface area contributed by atoms with Gasteiger partial charge in [-0.25, -0.2) is 4.98 Å². The van der Waals surface area contributed by atoms with Crippen molar-refractivity contribution in [2.24, 2.45) is 0 Å². The second-order valence-electron chi connectivity index (χ2n) is 4.13. The fourth-order valence-corrected chi connectivity index (χ4v) is 1.93. The Hall–Kier alpha value is -0.450. The Labute approximate surface area is 96.5 Å². The van der Waals surface area contributed by atoms with Gasteiger partial charge in [0, 0.05) is 36.8 Å². The molecule has 0 saturated heterocycles. The van der Waals surface area contributed by atoms with Crippen LogP contribution in [-0.4, -0.2) is 36.1 Å². The molecule has 15 heavy (non-hydrogen) atoms. The zero-order valence-electron chi connectivity index (χ0n) is 10.1. The number of thiazole rings is 1. The maximum absolute atomic E-state index is 4.40. The minimum atomic E-state index is 0.619. The summed E-state index contributed by atoms with van der Waals surface area (Å²) in [5.74, 6) is 0. The minimum Gasteiger partial charge on any atom is -0.309 e. The van der Waals surface area contributed by atoms with E-state index in [-0.39, 0.29) is 0 Å². The number of likely N-dealkylation sites (N-methyl/N-ethyl adjacent to an activating group) is 1. The monoisotopic (exact) mass is 227 g/mol. The summed E-state index contributed by atoms with van der Waals surface area (Å²) in [6, 6.07) is 0.619. The van der Waals surface area contributed by atoms with Crippen LogP contribution in [0.3, 0.4) is 0 Å². The molecule has 86 valence electrons. The van der Waals surface area contributed by atoms with Gasteiger partial charge in [0.25, 0.3) is 0 Å². The minimum absolute atomic E-state index is 0.619. The van der Waals surface area contributed by atoms with Crippen molar-refractivity contribution in [2.75, 3.05) is 20.1 Å². The predicted molar refractivity (Wildman–Crippen MR) is 66.3 cm³/mol. The van der Waals surface area contributed by atoms with Crippen molar-refractivity contribution < 1.29 is 0 Å². The topological polar surface area (TPSA) is 28.2 Å². The summed E-state index contributed by atoms with van der Waals surface area (Å²) < 4.78 is 0. The molecular formula is C11H21N3S. The van der Waals surface area contributed by atoms with E-state index in [0.717, 1.165) is 25.3 Å². The third kappa shape index (κ3) is 4.73. The highest BCUT2D eigenvalue weighted by molar-refractivity contribution is 7.09. The molecule has 1 aromatic rings. The van der Waals surface area contributed by atoms with Crippen LogP contribution in [0.25, 0.3) is 0 Å². The lowest BCUT2D eigenvalue weighted by Gasteiger charge is -2.20. The first-order valence-corrected chi connectivity index (χ1v) is 6.29. The third-order valence-electron chi connectivity index (χ3n) is 2.47. The maximum atomic E-state index is 4.40. The fraction of sp³-hybridized carbons (Fsp3) is 0.727. The van der Waals surface area contributed by atoms with E-state index >= 15 is 0 Å². The van der Waals surface area contributed by atoms with Crippen molar-refractivity contribution in [3.63, 3.8) is 0 Å². The molecule has 0 radical (unpaired) electrons. The zero-order chi connectivity index (χ0) is 11.3. The maximum Gasteiger partial charge on any atom is 0.107 e. The smallest absolute Gasteiger partial charge is 0.107 e. The van der Waals surface area contributed by atoms with Crippen LogP contribution in [0.1, 0.15) is 24.5 Å². The van der Waals surface area contributed by atoms with Gasteiger partial charge in [-0.3, -0.25) is 0 Å². The Kier molecular flexibility index (Phi) is 5.22. The normalized spacial score (nSPS) is 11.6. The Morgan fingerprint density at radius 1 is 1.53 bits per heavy atom. The molecular weight excluding hydrogens is 206 g/mol. The lowest BCUT2D eigenvalue weighted by atomic mass is 10.3. The van der Waals surface area contributed by atoms with Gasteiger partial charge in [0.15, 0.2) is 0 Å². The first-order chi connectivity index (χ1) is 7.09.